The van der Waals surface area contributed by atoms with Gasteiger partial charge >= 0.3 is 0 Å². The molecule has 1 unspecified atom stereocenters. The van der Waals surface area contributed by atoms with Crippen molar-refractivity contribution in [3.8, 4) is 11.5 Å². The van der Waals surface area contributed by atoms with Crippen LogP contribution in [0, 0.1) is 0 Å². The van der Waals surface area contributed by atoms with Crippen LogP contribution in [0.4, 0.5) is 0 Å². The fraction of sp³-hybridized carbons (Fsp3) is 0.333. The van der Waals surface area contributed by atoms with Gasteiger partial charge in [-0.25, -0.2) is 0 Å². The highest BCUT2D eigenvalue weighted by atomic mass is 127. The van der Waals surface area contributed by atoms with E-state index in [0.717, 1.165) is 17.1 Å². The Bertz CT molecular complexity index is 814. The van der Waals surface area contributed by atoms with E-state index in [1.807, 2.05) is 49.4 Å². The molecule has 2 aromatic rings. The van der Waals surface area contributed by atoms with Gasteiger partial charge in [0.2, 0.25) is 0 Å². The zero-order chi connectivity index (χ0) is 20.4. The maximum atomic E-state index is 11.7. The van der Waals surface area contributed by atoms with Gasteiger partial charge in [0.1, 0.15) is 17.6 Å². The molecule has 0 bridgehead atoms. The molecule has 0 heterocycles. The molecular formula is C21H29IN4O3. The third kappa shape index (κ3) is 8.18. The summed E-state index contributed by atoms with van der Waals surface area (Å²) in [6, 6.07) is 15.0. The monoisotopic (exact) mass is 512 g/mol. The minimum atomic E-state index is -0.104. The number of nitrogens with zero attached hydrogens (tertiary/aromatic N) is 1. The van der Waals surface area contributed by atoms with Gasteiger partial charge in [0.15, 0.2) is 5.96 Å². The summed E-state index contributed by atoms with van der Waals surface area (Å²) in [5.74, 6) is 2.07. The van der Waals surface area contributed by atoms with E-state index < -0.39 is 0 Å². The van der Waals surface area contributed by atoms with Gasteiger partial charge in [-0.15, -0.1) is 24.0 Å². The summed E-state index contributed by atoms with van der Waals surface area (Å²) in [5, 5.41) is 9.11. The van der Waals surface area contributed by atoms with Crippen LogP contribution in [0.3, 0.4) is 0 Å². The molecule has 29 heavy (non-hydrogen) atoms. The molecule has 0 aliphatic carbocycles. The second kappa shape index (κ2) is 12.9. The first kappa shape index (κ1) is 24.5. The molecule has 0 radical (unpaired) electrons. The number of methoxy groups -OCH3 is 1. The van der Waals surface area contributed by atoms with E-state index in [9.17, 15) is 4.79 Å². The number of aliphatic imine (C=N–C) groups is 1. The first-order valence-corrected chi connectivity index (χ1v) is 9.12. The van der Waals surface area contributed by atoms with E-state index in [4.69, 9.17) is 9.47 Å². The summed E-state index contributed by atoms with van der Waals surface area (Å²) in [7, 11) is 4.96. The topological polar surface area (TPSA) is 84.0 Å². The number of hydrogen-bond acceptors (Lipinski definition) is 4. The number of nitrogens with one attached hydrogen (secondary N) is 3. The number of amides is 1. The molecule has 0 aliphatic rings. The van der Waals surface area contributed by atoms with Crippen LogP contribution in [0.1, 0.15) is 22.8 Å². The van der Waals surface area contributed by atoms with Crippen molar-refractivity contribution in [1.82, 2.24) is 16.0 Å². The number of halogens is 1. The Balaban J connectivity index is 0.00000420. The fourth-order valence-corrected chi connectivity index (χ4v) is 2.56. The van der Waals surface area contributed by atoms with Crippen molar-refractivity contribution in [3.63, 3.8) is 0 Å². The molecule has 1 atom stereocenters. The van der Waals surface area contributed by atoms with E-state index in [1.165, 1.54) is 0 Å². The smallest absolute Gasteiger partial charge is 0.251 e. The third-order valence-electron chi connectivity index (χ3n) is 4.04. The molecule has 1 amide bonds. The van der Waals surface area contributed by atoms with Gasteiger partial charge in [-0.1, -0.05) is 18.2 Å². The Kier molecular flexibility index (Phi) is 10.9. The molecule has 7 nitrogen and oxygen atoms in total. The molecule has 0 spiro atoms. The van der Waals surface area contributed by atoms with Crippen LogP contribution in [0.5, 0.6) is 11.5 Å². The van der Waals surface area contributed by atoms with Gasteiger partial charge in [-0.3, -0.25) is 9.79 Å². The summed E-state index contributed by atoms with van der Waals surface area (Å²) in [5.41, 5.74) is 1.62. The van der Waals surface area contributed by atoms with Gasteiger partial charge < -0.3 is 25.4 Å². The van der Waals surface area contributed by atoms with Gasteiger partial charge in [-0.05, 0) is 36.8 Å². The lowest BCUT2D eigenvalue weighted by molar-refractivity contribution is 0.0963. The molecule has 0 fully saturated rings. The summed E-state index contributed by atoms with van der Waals surface area (Å²) in [4.78, 5) is 16.0. The highest BCUT2D eigenvalue weighted by molar-refractivity contribution is 14.0. The molecule has 0 aromatic heterocycles. The highest BCUT2D eigenvalue weighted by Crippen LogP contribution is 2.19. The quantitative estimate of drug-likeness (QED) is 0.288. The van der Waals surface area contributed by atoms with Crippen molar-refractivity contribution in [2.75, 3.05) is 27.7 Å². The summed E-state index contributed by atoms with van der Waals surface area (Å²) >= 11 is 0. The average Bonchev–Trinajstić information content (AvgIpc) is 2.73. The number of guanidine groups is 1. The number of hydrogen-bond donors (Lipinski definition) is 3. The van der Waals surface area contributed by atoms with Crippen molar-refractivity contribution >= 4 is 35.8 Å². The highest BCUT2D eigenvalue weighted by Gasteiger charge is 2.08. The Morgan fingerprint density at radius 2 is 1.83 bits per heavy atom. The Labute approximate surface area is 189 Å². The summed E-state index contributed by atoms with van der Waals surface area (Å²) in [6.45, 7) is 3.11. The minimum absolute atomic E-state index is 0. The van der Waals surface area contributed by atoms with Gasteiger partial charge in [-0.2, -0.15) is 0 Å². The van der Waals surface area contributed by atoms with Gasteiger partial charge in [0.25, 0.3) is 5.91 Å². The predicted molar refractivity (Wildman–Crippen MR) is 127 cm³/mol. The van der Waals surface area contributed by atoms with Crippen LogP contribution in [-0.4, -0.2) is 45.7 Å². The number of carbonyl (C=O) groups is 1. The molecule has 8 heteroatoms. The summed E-state index contributed by atoms with van der Waals surface area (Å²) in [6.07, 6.45) is -0.0674. The van der Waals surface area contributed by atoms with Gasteiger partial charge in [0, 0.05) is 32.3 Å². The van der Waals surface area contributed by atoms with Crippen LogP contribution in [0.15, 0.2) is 53.5 Å². The van der Waals surface area contributed by atoms with Crippen molar-refractivity contribution in [2.45, 2.75) is 19.6 Å². The minimum Gasteiger partial charge on any atom is -0.497 e. The Morgan fingerprint density at radius 1 is 1.10 bits per heavy atom. The van der Waals surface area contributed by atoms with E-state index in [-0.39, 0.29) is 36.0 Å². The lowest BCUT2D eigenvalue weighted by atomic mass is 10.1. The lowest BCUT2D eigenvalue weighted by Gasteiger charge is -2.18. The van der Waals surface area contributed by atoms with Crippen molar-refractivity contribution in [3.05, 3.63) is 59.7 Å². The molecule has 0 saturated carbocycles. The van der Waals surface area contributed by atoms with Crippen LogP contribution in [0.25, 0.3) is 0 Å². The van der Waals surface area contributed by atoms with E-state index in [0.29, 0.717) is 24.6 Å². The molecule has 3 N–H and O–H groups in total. The van der Waals surface area contributed by atoms with Crippen molar-refractivity contribution < 1.29 is 14.3 Å². The van der Waals surface area contributed by atoms with Crippen LogP contribution < -0.4 is 25.4 Å². The van der Waals surface area contributed by atoms with E-state index >= 15 is 0 Å². The zero-order valence-corrected chi connectivity index (χ0v) is 19.5. The Morgan fingerprint density at radius 3 is 2.52 bits per heavy atom. The number of carbonyl (C=O) groups excluding carboxylic acids is 1. The van der Waals surface area contributed by atoms with Crippen molar-refractivity contribution in [2.24, 2.45) is 4.99 Å². The number of rotatable bonds is 8. The normalized spacial score (nSPS) is 11.7. The van der Waals surface area contributed by atoms with Gasteiger partial charge in [0.05, 0.1) is 13.7 Å². The van der Waals surface area contributed by atoms with Crippen LogP contribution in [-0.2, 0) is 6.54 Å². The lowest BCUT2D eigenvalue weighted by Crippen LogP contribution is -2.41. The molecule has 158 valence electrons. The number of benzene rings is 2. The predicted octanol–water partition coefficient (Wildman–Crippen LogP) is 2.81. The first-order valence-electron chi connectivity index (χ1n) is 9.12. The van der Waals surface area contributed by atoms with E-state index in [2.05, 4.69) is 20.9 Å². The second-order valence-electron chi connectivity index (χ2n) is 6.19. The standard InChI is InChI=1S/C21H28N4O3.HI/c1-15(28-19-10-6-9-18(12-19)27-4)13-24-21(23-3)25-14-16-7-5-8-17(11-16)20(26)22-2;/h5-12,15H,13-14H2,1-4H3,(H,22,26)(H2,23,24,25);1H. The molecule has 0 saturated heterocycles. The zero-order valence-electron chi connectivity index (χ0n) is 17.2. The summed E-state index contributed by atoms with van der Waals surface area (Å²) < 4.78 is 11.1. The first-order chi connectivity index (χ1) is 13.5. The van der Waals surface area contributed by atoms with Crippen LogP contribution in [0.2, 0.25) is 0 Å². The average molecular weight is 512 g/mol. The van der Waals surface area contributed by atoms with Crippen molar-refractivity contribution in [1.29, 1.82) is 0 Å². The van der Waals surface area contributed by atoms with E-state index in [1.54, 1.807) is 27.3 Å². The molecule has 2 aromatic carbocycles. The van der Waals surface area contributed by atoms with Crippen LogP contribution >= 0.6 is 24.0 Å². The number of ether oxygens (including phenoxy) is 2. The maximum Gasteiger partial charge on any atom is 0.251 e. The maximum absolute atomic E-state index is 11.7. The second-order valence-corrected chi connectivity index (χ2v) is 6.19. The third-order valence-corrected chi connectivity index (χ3v) is 4.04. The SMILES string of the molecule is CN=C(NCc1cccc(C(=O)NC)c1)NCC(C)Oc1cccc(OC)c1.I. The fourth-order valence-electron chi connectivity index (χ4n) is 2.56. The molecule has 0 aliphatic heterocycles. The Hall–Kier alpha value is -2.49. The molecule has 2 rings (SSSR count). The molecular weight excluding hydrogens is 483 g/mol. The largest absolute Gasteiger partial charge is 0.497 e.